The number of carbonyl (C=O) groups is 1. The van der Waals surface area contributed by atoms with Crippen LogP contribution in [0.2, 0.25) is 0 Å². The first kappa shape index (κ1) is 24.9. The van der Waals surface area contributed by atoms with E-state index in [2.05, 4.69) is 34.5 Å². The number of thioether (sulfide) groups is 1. The van der Waals surface area contributed by atoms with Crippen LogP contribution in [0, 0.1) is 0 Å². The Morgan fingerprint density at radius 1 is 1.33 bits per heavy atom. The minimum absolute atomic E-state index is 0.218. The molecule has 0 spiro atoms. The lowest BCUT2D eigenvalue weighted by molar-refractivity contribution is -0.131. The van der Waals surface area contributed by atoms with E-state index >= 15 is 0 Å². The highest BCUT2D eigenvalue weighted by atomic mass is 32.2. The number of hydrogen-bond acceptors (Lipinski definition) is 8. The van der Waals surface area contributed by atoms with E-state index in [0.29, 0.717) is 30.5 Å². The molecule has 10 heteroatoms. The van der Waals surface area contributed by atoms with Gasteiger partial charge in [-0.15, -0.1) is 11.3 Å². The number of aryl methyl sites for hydroxylation is 2. The Morgan fingerprint density at radius 2 is 2.15 bits per heavy atom. The maximum Gasteiger partial charge on any atom is 0.328 e. The van der Waals surface area contributed by atoms with Crippen molar-refractivity contribution in [2.75, 3.05) is 29.9 Å². The van der Waals surface area contributed by atoms with Gasteiger partial charge in [-0.3, -0.25) is 9.20 Å². The molecule has 3 rings (SSSR count). The number of anilines is 1. The van der Waals surface area contributed by atoms with Crippen molar-refractivity contribution in [2.24, 2.45) is 5.73 Å². The summed E-state index contributed by atoms with van der Waals surface area (Å²) in [5, 5.41) is 15.4. The molecule has 0 unspecified atom stereocenters. The fourth-order valence-corrected chi connectivity index (χ4v) is 4.75. The Hall–Kier alpha value is -2.69. The Balaban J connectivity index is 1.85. The molecule has 0 bridgehead atoms. The number of nitrogens with one attached hydrogen (secondary N) is 1. The number of aromatic nitrogens is 3. The third kappa shape index (κ3) is 6.89. The maximum absolute atomic E-state index is 13.1. The van der Waals surface area contributed by atoms with E-state index in [1.165, 1.54) is 10.5 Å². The number of aliphatic carboxylic acids is 1. The van der Waals surface area contributed by atoms with Gasteiger partial charge in [0.25, 0.3) is 5.56 Å². The molecule has 0 aliphatic carbocycles. The largest absolute Gasteiger partial charge is 0.478 e. The molecule has 0 saturated heterocycles. The fourth-order valence-electron chi connectivity index (χ4n) is 3.17. The average Bonchev–Trinajstić information content (AvgIpc) is 3.26. The number of nitrogens with zero attached hydrogens (tertiary/aromatic N) is 3. The number of nitrogens with two attached hydrogens (primary N) is 1. The van der Waals surface area contributed by atoms with Gasteiger partial charge in [0.1, 0.15) is 11.5 Å². The van der Waals surface area contributed by atoms with Gasteiger partial charge in [0.05, 0.1) is 16.3 Å². The highest BCUT2D eigenvalue weighted by molar-refractivity contribution is 7.99. The molecule has 0 fully saturated rings. The van der Waals surface area contributed by atoms with Crippen molar-refractivity contribution < 1.29 is 9.90 Å². The van der Waals surface area contributed by atoms with Crippen molar-refractivity contribution in [2.45, 2.75) is 32.6 Å². The van der Waals surface area contributed by atoms with Crippen LogP contribution in [-0.4, -0.2) is 50.0 Å². The topological polar surface area (TPSA) is 123 Å². The molecule has 0 aliphatic rings. The molecule has 0 aromatic carbocycles. The van der Waals surface area contributed by atoms with Crippen LogP contribution in [-0.2, 0) is 17.6 Å². The summed E-state index contributed by atoms with van der Waals surface area (Å²) in [7, 11) is 0. The first-order chi connectivity index (χ1) is 15.9. The number of fused-ring (bicyclic) bond motifs is 1. The van der Waals surface area contributed by atoms with Gasteiger partial charge in [0, 0.05) is 48.7 Å². The van der Waals surface area contributed by atoms with Crippen molar-refractivity contribution in [1.29, 1.82) is 0 Å². The van der Waals surface area contributed by atoms with Gasteiger partial charge >= 0.3 is 5.97 Å². The van der Waals surface area contributed by atoms with Crippen molar-refractivity contribution in [3.63, 3.8) is 0 Å². The Morgan fingerprint density at radius 3 is 2.85 bits per heavy atom. The monoisotopic (exact) mass is 487 g/mol. The smallest absolute Gasteiger partial charge is 0.328 e. The second kappa shape index (κ2) is 12.0. The second-order valence-electron chi connectivity index (χ2n) is 7.76. The molecular formula is C23H29N5O3S2. The van der Waals surface area contributed by atoms with Gasteiger partial charge in [-0.2, -0.15) is 11.8 Å². The van der Waals surface area contributed by atoms with Crippen LogP contribution in [0.25, 0.3) is 11.7 Å². The highest BCUT2D eigenvalue weighted by Gasteiger charge is 2.12. The summed E-state index contributed by atoms with van der Waals surface area (Å²) < 4.78 is 1.44. The molecule has 33 heavy (non-hydrogen) atoms. The summed E-state index contributed by atoms with van der Waals surface area (Å²) in [6.45, 7) is 5.46. The predicted molar refractivity (Wildman–Crippen MR) is 137 cm³/mol. The zero-order valence-electron chi connectivity index (χ0n) is 18.8. The van der Waals surface area contributed by atoms with Crippen LogP contribution < -0.4 is 16.6 Å². The number of hydrogen-bond donors (Lipinski definition) is 3. The van der Waals surface area contributed by atoms with Crippen molar-refractivity contribution in [3.8, 4) is 0 Å². The van der Waals surface area contributed by atoms with E-state index in [9.17, 15) is 9.59 Å². The van der Waals surface area contributed by atoms with Gasteiger partial charge in [0.15, 0.2) is 0 Å². The normalized spacial score (nSPS) is 11.6. The molecular weight excluding hydrogens is 458 g/mol. The summed E-state index contributed by atoms with van der Waals surface area (Å²) in [5.74, 6) is 1.32. The van der Waals surface area contributed by atoms with Gasteiger partial charge in [0.2, 0.25) is 0 Å². The molecule has 0 amide bonds. The lowest BCUT2D eigenvalue weighted by Crippen LogP contribution is -2.21. The highest BCUT2D eigenvalue weighted by Crippen LogP contribution is 2.20. The Labute approximate surface area is 201 Å². The zero-order chi connectivity index (χ0) is 23.8. The Bertz CT molecular complexity index is 1190. The molecule has 0 saturated carbocycles. The second-order valence-corrected chi connectivity index (χ2v) is 9.93. The minimum Gasteiger partial charge on any atom is -0.478 e. The van der Waals surface area contributed by atoms with E-state index < -0.39 is 5.97 Å². The molecule has 8 nitrogen and oxygen atoms in total. The lowest BCUT2D eigenvalue weighted by atomic mass is 10.1. The van der Waals surface area contributed by atoms with E-state index in [1.54, 1.807) is 29.3 Å². The summed E-state index contributed by atoms with van der Waals surface area (Å²) in [6, 6.07) is 3.80. The van der Waals surface area contributed by atoms with Crippen LogP contribution in [0.1, 0.15) is 41.6 Å². The summed E-state index contributed by atoms with van der Waals surface area (Å²) >= 11 is 3.37. The fraction of sp³-hybridized carbons (Fsp3) is 0.391. The van der Waals surface area contributed by atoms with Crippen LogP contribution in [0.4, 0.5) is 5.82 Å². The molecule has 3 heterocycles. The van der Waals surface area contributed by atoms with Crippen molar-refractivity contribution in [1.82, 2.24) is 14.4 Å². The number of carboxylic acids is 1. The van der Waals surface area contributed by atoms with Gasteiger partial charge in [-0.05, 0) is 36.1 Å². The summed E-state index contributed by atoms with van der Waals surface area (Å²) in [5.41, 5.74) is 8.11. The van der Waals surface area contributed by atoms with Gasteiger partial charge in [-0.25, -0.2) is 14.8 Å². The van der Waals surface area contributed by atoms with Gasteiger partial charge in [-0.1, -0.05) is 13.8 Å². The number of rotatable bonds is 12. The minimum atomic E-state index is -1.12. The first-order valence-electron chi connectivity index (χ1n) is 10.8. The standard InChI is InChI=1S/C23H29N5O3S2/c1-15(2)18-14-33-20(26-18)5-3-16-7-10-28-19(13-16)27-22(25-9-12-32-11-8-24)17(23(28)31)4-6-21(29)30/h4,6-7,10,13-15,25H,3,5,8-9,11-12,24H2,1-2H3,(H,29,30). The molecule has 3 aromatic rings. The molecule has 176 valence electrons. The molecule has 0 aliphatic heterocycles. The average molecular weight is 488 g/mol. The quantitative estimate of drug-likeness (QED) is 0.263. The third-order valence-corrected chi connectivity index (χ3v) is 6.86. The number of thiazole rings is 1. The SMILES string of the molecule is CC(C)c1csc(CCc2ccn3c(=O)c(C=CC(=O)O)c(NCCSCCN)nc3c2)n1. The van der Waals surface area contributed by atoms with Crippen molar-refractivity contribution in [3.05, 3.63) is 62.0 Å². The summed E-state index contributed by atoms with van der Waals surface area (Å²) in [6.07, 6.45) is 5.55. The third-order valence-electron chi connectivity index (χ3n) is 4.91. The maximum atomic E-state index is 13.1. The zero-order valence-corrected chi connectivity index (χ0v) is 20.4. The molecule has 0 radical (unpaired) electrons. The van der Waals surface area contributed by atoms with Crippen LogP contribution in [0.3, 0.4) is 0 Å². The summed E-state index contributed by atoms with van der Waals surface area (Å²) in [4.78, 5) is 33.4. The lowest BCUT2D eigenvalue weighted by Gasteiger charge is -2.11. The van der Waals surface area contributed by atoms with E-state index in [1.807, 2.05) is 12.1 Å². The van der Waals surface area contributed by atoms with Gasteiger partial charge < -0.3 is 16.2 Å². The number of carboxylic acid groups (broad SMARTS) is 1. The van der Waals surface area contributed by atoms with E-state index in [0.717, 1.165) is 46.7 Å². The number of pyridine rings is 1. The molecule has 3 aromatic heterocycles. The Kier molecular flexibility index (Phi) is 9.04. The van der Waals surface area contributed by atoms with Crippen LogP contribution >= 0.6 is 23.1 Å². The molecule has 0 atom stereocenters. The molecule has 4 N–H and O–H groups in total. The van der Waals surface area contributed by atoms with E-state index in [4.69, 9.17) is 10.8 Å². The van der Waals surface area contributed by atoms with E-state index in [-0.39, 0.29) is 11.1 Å². The van der Waals surface area contributed by atoms with Crippen molar-refractivity contribution >= 4 is 46.6 Å². The van der Waals surface area contributed by atoms with Crippen LogP contribution in [0.5, 0.6) is 0 Å². The van der Waals surface area contributed by atoms with Crippen LogP contribution in [0.15, 0.2) is 34.6 Å². The first-order valence-corrected chi connectivity index (χ1v) is 12.8. The predicted octanol–water partition coefficient (Wildman–Crippen LogP) is 3.26.